The maximum Gasteiger partial charge on any atom is 0.268 e. The van der Waals surface area contributed by atoms with Crippen LogP contribution in [0.2, 0.25) is 0 Å². The van der Waals surface area contributed by atoms with Gasteiger partial charge >= 0.3 is 0 Å². The summed E-state index contributed by atoms with van der Waals surface area (Å²) in [6, 6.07) is 25.3. The summed E-state index contributed by atoms with van der Waals surface area (Å²) in [6.07, 6.45) is 3.78. The highest BCUT2D eigenvalue weighted by molar-refractivity contribution is 7.13. The van der Waals surface area contributed by atoms with Gasteiger partial charge < -0.3 is 5.32 Å². The van der Waals surface area contributed by atoms with Gasteiger partial charge in [-0.25, -0.2) is 9.55 Å². The van der Waals surface area contributed by atoms with Crippen LogP contribution in [0.1, 0.15) is 22.0 Å². The summed E-state index contributed by atoms with van der Waals surface area (Å²) in [5.74, 6) is 0.511. The van der Waals surface area contributed by atoms with Crippen molar-refractivity contribution in [1.82, 2.24) is 19.7 Å². The molecule has 0 saturated carbocycles. The molecule has 0 spiro atoms. The van der Waals surface area contributed by atoms with E-state index in [1.807, 2.05) is 78.9 Å². The molecule has 1 N–H and O–H groups in total. The number of aromatic nitrogens is 4. The van der Waals surface area contributed by atoms with E-state index in [1.165, 1.54) is 15.9 Å². The SMILES string of the molecule is Cc1ccccc1NCc1nnc(-n2c(/C=C/c3ccccc3)nc3ccccc3c2=O)s1. The van der Waals surface area contributed by atoms with Gasteiger partial charge in [-0.2, -0.15) is 0 Å². The molecule has 5 aromatic rings. The van der Waals surface area contributed by atoms with Crippen LogP contribution in [0.5, 0.6) is 0 Å². The summed E-state index contributed by atoms with van der Waals surface area (Å²) in [4.78, 5) is 18.1. The van der Waals surface area contributed by atoms with E-state index in [0.717, 1.165) is 21.8 Å². The number of anilines is 1. The van der Waals surface area contributed by atoms with Crippen LogP contribution < -0.4 is 10.9 Å². The molecule has 0 unspecified atom stereocenters. The molecule has 2 aromatic heterocycles. The maximum absolute atomic E-state index is 13.4. The Hall–Kier alpha value is -4.10. The average molecular weight is 452 g/mol. The van der Waals surface area contributed by atoms with Gasteiger partial charge in [0, 0.05) is 5.69 Å². The first-order chi connectivity index (χ1) is 16.2. The van der Waals surface area contributed by atoms with E-state index in [1.54, 1.807) is 6.07 Å². The first-order valence-electron chi connectivity index (χ1n) is 10.6. The highest BCUT2D eigenvalue weighted by Crippen LogP contribution is 2.20. The van der Waals surface area contributed by atoms with Gasteiger partial charge in [0.05, 0.1) is 17.4 Å². The molecule has 33 heavy (non-hydrogen) atoms. The normalized spacial score (nSPS) is 11.3. The van der Waals surface area contributed by atoms with Crippen LogP contribution in [-0.2, 0) is 6.54 Å². The molecule has 0 aliphatic heterocycles. The summed E-state index contributed by atoms with van der Waals surface area (Å²) in [6.45, 7) is 2.58. The van der Waals surface area contributed by atoms with Gasteiger partial charge in [0.1, 0.15) is 10.8 Å². The van der Waals surface area contributed by atoms with Gasteiger partial charge in [-0.3, -0.25) is 4.79 Å². The van der Waals surface area contributed by atoms with E-state index in [4.69, 9.17) is 4.98 Å². The molecule has 0 bridgehead atoms. The fourth-order valence-corrected chi connectivity index (χ4v) is 4.32. The average Bonchev–Trinajstić information content (AvgIpc) is 3.31. The molecule has 0 radical (unpaired) electrons. The van der Waals surface area contributed by atoms with E-state index in [0.29, 0.717) is 28.4 Å². The number of nitrogens with zero attached hydrogens (tertiary/aromatic N) is 4. The van der Waals surface area contributed by atoms with Crippen molar-refractivity contribution in [1.29, 1.82) is 0 Å². The Kier molecular flexibility index (Phi) is 5.78. The van der Waals surface area contributed by atoms with Crippen LogP contribution in [-0.4, -0.2) is 19.7 Å². The molecule has 5 rings (SSSR count). The van der Waals surface area contributed by atoms with Crippen molar-refractivity contribution in [3.63, 3.8) is 0 Å². The zero-order chi connectivity index (χ0) is 22.6. The van der Waals surface area contributed by atoms with Crippen molar-refractivity contribution >= 4 is 40.1 Å². The molecule has 6 nitrogen and oxygen atoms in total. The standard InChI is InChI=1S/C26H21N5OS/c1-18-9-5-7-13-21(18)27-17-24-29-30-26(33-24)31-23(16-15-19-10-3-2-4-11-19)28-22-14-8-6-12-20(22)25(31)32/h2-16,27H,17H2,1H3/b16-15+. The Labute approximate surface area is 194 Å². The molecule has 0 saturated heterocycles. The van der Waals surface area contributed by atoms with E-state index in [2.05, 4.69) is 28.5 Å². The third-order valence-corrected chi connectivity index (χ3v) is 6.16. The molecule has 0 fully saturated rings. The van der Waals surface area contributed by atoms with Gasteiger partial charge in [-0.15, -0.1) is 10.2 Å². The predicted molar refractivity (Wildman–Crippen MR) is 135 cm³/mol. The van der Waals surface area contributed by atoms with Crippen molar-refractivity contribution in [2.24, 2.45) is 0 Å². The molecule has 0 aliphatic carbocycles. The Morgan fingerprint density at radius 1 is 0.909 bits per heavy atom. The van der Waals surface area contributed by atoms with Crippen molar-refractivity contribution in [3.8, 4) is 5.13 Å². The summed E-state index contributed by atoms with van der Waals surface area (Å²) in [5, 5.41) is 13.8. The van der Waals surface area contributed by atoms with Gasteiger partial charge in [0.2, 0.25) is 5.13 Å². The van der Waals surface area contributed by atoms with Crippen molar-refractivity contribution in [3.05, 3.63) is 111 Å². The summed E-state index contributed by atoms with van der Waals surface area (Å²) >= 11 is 1.37. The largest absolute Gasteiger partial charge is 0.378 e. The minimum atomic E-state index is -0.164. The van der Waals surface area contributed by atoms with Gasteiger partial charge in [0.15, 0.2) is 0 Å². The number of benzene rings is 3. The van der Waals surface area contributed by atoms with Crippen molar-refractivity contribution in [2.75, 3.05) is 5.32 Å². The minimum absolute atomic E-state index is 0.164. The molecule has 3 aromatic carbocycles. The van der Waals surface area contributed by atoms with Crippen molar-refractivity contribution in [2.45, 2.75) is 13.5 Å². The number of nitrogens with one attached hydrogen (secondary N) is 1. The zero-order valence-corrected chi connectivity index (χ0v) is 18.8. The highest BCUT2D eigenvalue weighted by atomic mass is 32.1. The van der Waals surface area contributed by atoms with Crippen molar-refractivity contribution < 1.29 is 0 Å². The van der Waals surface area contributed by atoms with E-state index in [-0.39, 0.29) is 5.56 Å². The van der Waals surface area contributed by atoms with Crippen LogP contribution in [0.3, 0.4) is 0 Å². The third-order valence-electron chi connectivity index (χ3n) is 5.25. The zero-order valence-electron chi connectivity index (χ0n) is 18.0. The lowest BCUT2D eigenvalue weighted by molar-refractivity contribution is 0.885. The lowest BCUT2D eigenvalue weighted by Crippen LogP contribution is -2.22. The van der Waals surface area contributed by atoms with Gasteiger partial charge in [-0.1, -0.05) is 78.1 Å². The number of hydrogen-bond acceptors (Lipinski definition) is 6. The number of rotatable bonds is 6. The lowest BCUT2D eigenvalue weighted by Gasteiger charge is -2.08. The molecule has 7 heteroatoms. The highest BCUT2D eigenvalue weighted by Gasteiger charge is 2.15. The van der Waals surface area contributed by atoms with Gasteiger partial charge in [-0.05, 0) is 42.3 Å². The number of aryl methyl sites for hydroxylation is 1. The predicted octanol–water partition coefficient (Wildman–Crippen LogP) is 5.33. The van der Waals surface area contributed by atoms with Gasteiger partial charge in [0.25, 0.3) is 5.56 Å². The molecule has 0 amide bonds. The van der Waals surface area contributed by atoms with Crippen LogP contribution in [0.25, 0.3) is 28.2 Å². The molecular weight excluding hydrogens is 430 g/mol. The molecular formula is C26H21N5OS. The fraction of sp³-hybridized carbons (Fsp3) is 0.0769. The summed E-state index contributed by atoms with van der Waals surface area (Å²) < 4.78 is 1.54. The Balaban J connectivity index is 1.53. The lowest BCUT2D eigenvalue weighted by atomic mass is 10.2. The molecule has 0 aliphatic rings. The third kappa shape index (κ3) is 4.44. The Bertz CT molecular complexity index is 1500. The monoisotopic (exact) mass is 451 g/mol. The van der Waals surface area contributed by atoms with E-state index < -0.39 is 0 Å². The number of para-hydroxylation sites is 2. The topological polar surface area (TPSA) is 72.7 Å². The fourth-order valence-electron chi connectivity index (χ4n) is 3.53. The number of fused-ring (bicyclic) bond motifs is 1. The quantitative estimate of drug-likeness (QED) is 0.378. The number of hydrogen-bond donors (Lipinski definition) is 1. The molecule has 2 heterocycles. The minimum Gasteiger partial charge on any atom is -0.378 e. The summed E-state index contributed by atoms with van der Waals surface area (Å²) in [7, 11) is 0. The second-order valence-corrected chi connectivity index (χ2v) is 8.56. The van der Waals surface area contributed by atoms with E-state index in [9.17, 15) is 4.79 Å². The molecule has 0 atom stereocenters. The Morgan fingerprint density at radius 2 is 1.67 bits per heavy atom. The van der Waals surface area contributed by atoms with Crippen LogP contribution in [0, 0.1) is 6.92 Å². The maximum atomic E-state index is 13.4. The first kappa shape index (κ1) is 20.8. The van der Waals surface area contributed by atoms with E-state index >= 15 is 0 Å². The second kappa shape index (κ2) is 9.18. The smallest absolute Gasteiger partial charge is 0.268 e. The first-order valence-corrected chi connectivity index (χ1v) is 11.4. The van der Waals surface area contributed by atoms with Crippen LogP contribution in [0.15, 0.2) is 83.7 Å². The second-order valence-electron chi connectivity index (χ2n) is 7.52. The Morgan fingerprint density at radius 3 is 2.52 bits per heavy atom. The van der Waals surface area contributed by atoms with Crippen LogP contribution in [0.4, 0.5) is 5.69 Å². The van der Waals surface area contributed by atoms with Crippen LogP contribution >= 0.6 is 11.3 Å². The molecule has 162 valence electrons. The summed E-state index contributed by atoms with van der Waals surface area (Å²) in [5.41, 5.74) is 3.71.